The van der Waals surface area contributed by atoms with Crippen LogP contribution < -0.4 is 0 Å². The highest BCUT2D eigenvalue weighted by Gasteiger charge is 2.58. The van der Waals surface area contributed by atoms with Gasteiger partial charge in [-0.1, -0.05) is 23.2 Å². The van der Waals surface area contributed by atoms with Crippen molar-refractivity contribution in [2.75, 3.05) is 0 Å². The number of hydrogen-bond donors (Lipinski definition) is 0. The SMILES string of the molecule is FC(F)=C(F)C(F)(F)C(F)(Cl)Cl. The number of halogens is 8. The van der Waals surface area contributed by atoms with Gasteiger partial charge in [-0.3, -0.25) is 0 Å². The van der Waals surface area contributed by atoms with E-state index in [4.69, 9.17) is 0 Å². The second-order valence-corrected chi connectivity index (χ2v) is 2.88. The Labute approximate surface area is 72.7 Å². The molecule has 0 saturated carbocycles. The van der Waals surface area contributed by atoms with Gasteiger partial charge >= 0.3 is 16.6 Å². The summed E-state index contributed by atoms with van der Waals surface area (Å²) in [6.07, 6.45) is -3.37. The highest BCUT2D eigenvalue weighted by Crippen LogP contribution is 2.46. The van der Waals surface area contributed by atoms with Gasteiger partial charge in [-0.2, -0.15) is 22.0 Å². The van der Waals surface area contributed by atoms with Crippen LogP contribution in [0.5, 0.6) is 0 Å². The zero-order valence-corrected chi connectivity index (χ0v) is 6.54. The van der Waals surface area contributed by atoms with Crippen LogP contribution >= 0.6 is 23.2 Å². The topological polar surface area (TPSA) is 0 Å². The van der Waals surface area contributed by atoms with Crippen molar-refractivity contribution in [2.45, 2.75) is 10.5 Å². The minimum Gasteiger partial charge on any atom is -0.201 e. The molecule has 0 bridgehead atoms. The normalized spacial score (nSPS) is 13.0. The first-order valence-corrected chi connectivity index (χ1v) is 3.02. The van der Waals surface area contributed by atoms with Gasteiger partial charge in [0.05, 0.1) is 0 Å². The lowest BCUT2D eigenvalue weighted by Gasteiger charge is -2.19. The predicted octanol–water partition coefficient (Wildman–Crippen LogP) is 3.80. The Hall–Kier alpha value is -0.100. The molecule has 8 heteroatoms. The van der Waals surface area contributed by atoms with Crippen molar-refractivity contribution in [3.05, 3.63) is 11.9 Å². The first-order valence-electron chi connectivity index (χ1n) is 2.26. The summed E-state index contributed by atoms with van der Waals surface area (Å²) in [4.78, 5) is 0. The lowest BCUT2D eigenvalue weighted by Crippen LogP contribution is -2.35. The van der Waals surface area contributed by atoms with Gasteiger partial charge in [0, 0.05) is 0 Å². The smallest absolute Gasteiger partial charge is 0.201 e. The van der Waals surface area contributed by atoms with Gasteiger partial charge in [-0.25, -0.2) is 4.39 Å². The third-order valence-electron chi connectivity index (χ3n) is 0.798. The first kappa shape index (κ1) is 11.9. The Morgan fingerprint density at radius 2 is 1.25 bits per heavy atom. The Morgan fingerprint density at radius 3 is 1.33 bits per heavy atom. The summed E-state index contributed by atoms with van der Waals surface area (Å²) >= 11 is 8.21. The highest BCUT2D eigenvalue weighted by atomic mass is 35.5. The first-order chi connectivity index (χ1) is 5.10. The molecule has 0 unspecified atom stereocenters. The second-order valence-electron chi connectivity index (χ2n) is 1.65. The van der Waals surface area contributed by atoms with E-state index < -0.39 is 22.4 Å². The number of alkyl halides is 5. The maximum atomic E-state index is 12.0. The van der Waals surface area contributed by atoms with Crippen molar-refractivity contribution in [3.63, 3.8) is 0 Å². The van der Waals surface area contributed by atoms with Crippen LogP contribution in [-0.2, 0) is 0 Å². The van der Waals surface area contributed by atoms with Gasteiger partial charge in [0.25, 0.3) is 0 Å². The maximum Gasteiger partial charge on any atom is 0.365 e. The van der Waals surface area contributed by atoms with Crippen LogP contribution in [0.15, 0.2) is 11.9 Å². The predicted molar refractivity (Wildman–Crippen MR) is 30.8 cm³/mol. The Balaban J connectivity index is 5.01. The Kier molecular flexibility index (Phi) is 3.31. The summed E-state index contributed by atoms with van der Waals surface area (Å²) < 4.78 is 65.8. The molecule has 0 atom stereocenters. The Bertz CT molecular complexity index is 200. The Morgan fingerprint density at radius 1 is 0.917 bits per heavy atom. The van der Waals surface area contributed by atoms with Crippen LogP contribution in [-0.4, -0.2) is 10.5 Å². The van der Waals surface area contributed by atoms with E-state index in [0.717, 1.165) is 0 Å². The molecule has 12 heavy (non-hydrogen) atoms. The zero-order valence-electron chi connectivity index (χ0n) is 5.02. The molecule has 0 rings (SSSR count). The van der Waals surface area contributed by atoms with Crippen molar-refractivity contribution in [1.82, 2.24) is 0 Å². The molecule has 0 spiro atoms. The largest absolute Gasteiger partial charge is 0.365 e. The van der Waals surface area contributed by atoms with Crippen molar-refractivity contribution in [2.24, 2.45) is 0 Å². The fourth-order valence-electron chi connectivity index (χ4n) is 0.243. The molecule has 0 aliphatic rings. The lowest BCUT2D eigenvalue weighted by atomic mass is 10.3. The van der Waals surface area contributed by atoms with Crippen LogP contribution in [0.3, 0.4) is 0 Å². The number of allylic oxidation sites excluding steroid dienone is 1. The fourth-order valence-corrected chi connectivity index (χ4v) is 0.409. The summed E-state index contributed by atoms with van der Waals surface area (Å²) in [7, 11) is 0. The van der Waals surface area contributed by atoms with Gasteiger partial charge in [0.2, 0.25) is 5.83 Å². The van der Waals surface area contributed by atoms with Crippen molar-refractivity contribution >= 4 is 23.2 Å². The van der Waals surface area contributed by atoms with E-state index in [-0.39, 0.29) is 0 Å². The van der Waals surface area contributed by atoms with Crippen molar-refractivity contribution in [3.8, 4) is 0 Å². The second kappa shape index (κ2) is 3.33. The summed E-state index contributed by atoms with van der Waals surface area (Å²) in [5.74, 6) is -8.54. The molecule has 0 aromatic rings. The summed E-state index contributed by atoms with van der Waals surface area (Å²) in [6, 6.07) is 0. The molecule has 72 valence electrons. The van der Waals surface area contributed by atoms with Crippen molar-refractivity contribution < 1.29 is 26.3 Å². The van der Waals surface area contributed by atoms with E-state index in [2.05, 4.69) is 23.2 Å². The average Bonchev–Trinajstić information content (AvgIpc) is 1.83. The van der Waals surface area contributed by atoms with Crippen LogP contribution in [0, 0.1) is 0 Å². The molecular formula is C4Cl2F6. The molecule has 0 N–H and O–H groups in total. The molecular weight excluding hydrogens is 233 g/mol. The number of hydrogen-bond acceptors (Lipinski definition) is 0. The molecule has 0 aromatic heterocycles. The zero-order chi connectivity index (χ0) is 10.2. The van der Waals surface area contributed by atoms with Crippen LogP contribution in [0.1, 0.15) is 0 Å². The molecule has 0 aromatic carbocycles. The van der Waals surface area contributed by atoms with E-state index in [1.54, 1.807) is 0 Å². The van der Waals surface area contributed by atoms with E-state index in [1.807, 2.05) is 0 Å². The molecule has 0 heterocycles. The minimum atomic E-state index is -5.26. The summed E-state index contributed by atoms with van der Waals surface area (Å²) in [5.41, 5.74) is 0. The van der Waals surface area contributed by atoms with Crippen LogP contribution in [0.25, 0.3) is 0 Å². The third kappa shape index (κ3) is 2.20. The monoisotopic (exact) mass is 232 g/mol. The van der Waals surface area contributed by atoms with Gasteiger partial charge < -0.3 is 0 Å². The van der Waals surface area contributed by atoms with E-state index in [0.29, 0.717) is 0 Å². The molecule has 0 aliphatic heterocycles. The highest BCUT2D eigenvalue weighted by molar-refractivity contribution is 6.48. The fraction of sp³-hybridized carbons (Fsp3) is 0.500. The van der Waals surface area contributed by atoms with E-state index >= 15 is 0 Å². The lowest BCUT2D eigenvalue weighted by molar-refractivity contribution is -0.0465. The third-order valence-corrected chi connectivity index (χ3v) is 1.27. The maximum absolute atomic E-state index is 12.0. The summed E-state index contributed by atoms with van der Waals surface area (Å²) in [6.45, 7) is 0. The van der Waals surface area contributed by atoms with Gasteiger partial charge in [-0.05, 0) is 0 Å². The molecule has 0 aliphatic carbocycles. The molecule has 0 fully saturated rings. The standard InChI is InChI=1S/C4Cl2F6/c5-4(6,12)3(10,11)1(7)2(8)9. The molecule has 0 radical (unpaired) electrons. The minimum absolute atomic E-state index is 3.28. The molecule has 0 nitrogen and oxygen atoms in total. The average molecular weight is 233 g/mol. The number of rotatable bonds is 2. The molecule has 0 saturated heterocycles. The summed E-state index contributed by atoms with van der Waals surface area (Å²) in [5, 5.41) is 0. The quantitative estimate of drug-likeness (QED) is 0.502. The van der Waals surface area contributed by atoms with Crippen LogP contribution in [0.2, 0.25) is 0 Å². The van der Waals surface area contributed by atoms with Gasteiger partial charge in [0.15, 0.2) is 0 Å². The van der Waals surface area contributed by atoms with Gasteiger partial charge in [-0.15, -0.1) is 0 Å². The molecule has 0 amide bonds. The van der Waals surface area contributed by atoms with E-state index in [9.17, 15) is 26.3 Å². The van der Waals surface area contributed by atoms with Crippen molar-refractivity contribution in [1.29, 1.82) is 0 Å². The van der Waals surface area contributed by atoms with Gasteiger partial charge in [0.1, 0.15) is 0 Å². The van der Waals surface area contributed by atoms with E-state index in [1.165, 1.54) is 0 Å². The van der Waals surface area contributed by atoms with Crippen LogP contribution in [0.4, 0.5) is 26.3 Å².